The molecule has 16 heavy (non-hydrogen) atoms. The summed E-state index contributed by atoms with van der Waals surface area (Å²) >= 11 is 0. The first-order valence-electron chi connectivity index (χ1n) is 5.61. The zero-order valence-corrected chi connectivity index (χ0v) is 10.2. The van der Waals surface area contributed by atoms with Crippen molar-refractivity contribution in [2.45, 2.75) is 25.6 Å². The van der Waals surface area contributed by atoms with Gasteiger partial charge in [0, 0.05) is 13.7 Å². The number of aliphatic hydroxyl groups is 1. The summed E-state index contributed by atoms with van der Waals surface area (Å²) in [6.07, 6.45) is 0.635. The van der Waals surface area contributed by atoms with Gasteiger partial charge in [-0.1, -0.05) is 24.3 Å². The monoisotopic (exact) mass is 223 g/mol. The van der Waals surface area contributed by atoms with E-state index >= 15 is 0 Å². The highest BCUT2D eigenvalue weighted by Crippen LogP contribution is 2.15. The number of hydrogen-bond acceptors (Lipinski definition) is 3. The van der Waals surface area contributed by atoms with Gasteiger partial charge in [-0.25, -0.2) is 0 Å². The Morgan fingerprint density at radius 3 is 2.81 bits per heavy atom. The van der Waals surface area contributed by atoms with Crippen molar-refractivity contribution >= 4 is 0 Å². The van der Waals surface area contributed by atoms with E-state index in [0.717, 1.165) is 12.0 Å². The molecule has 2 atom stereocenters. The molecule has 90 valence electrons. The van der Waals surface area contributed by atoms with Crippen LogP contribution in [0, 0.1) is 0 Å². The third-order valence-corrected chi connectivity index (χ3v) is 2.66. The zero-order valence-electron chi connectivity index (χ0n) is 10.2. The predicted molar refractivity (Wildman–Crippen MR) is 65.5 cm³/mol. The van der Waals surface area contributed by atoms with Gasteiger partial charge in [-0.05, 0) is 31.5 Å². The van der Waals surface area contributed by atoms with E-state index < -0.39 is 6.10 Å². The maximum atomic E-state index is 9.84. The van der Waals surface area contributed by atoms with E-state index in [0.29, 0.717) is 6.54 Å². The molecule has 0 bridgehead atoms. The second-order valence-electron chi connectivity index (χ2n) is 4.07. The smallest absolute Gasteiger partial charge is 0.0914 e. The van der Waals surface area contributed by atoms with Crippen molar-refractivity contribution in [1.29, 1.82) is 0 Å². The highest BCUT2D eigenvalue weighted by atomic mass is 16.5. The summed E-state index contributed by atoms with van der Waals surface area (Å²) in [6.45, 7) is 2.61. The van der Waals surface area contributed by atoms with E-state index in [4.69, 9.17) is 4.74 Å². The van der Waals surface area contributed by atoms with Crippen LogP contribution in [0.3, 0.4) is 0 Å². The minimum atomic E-state index is -0.442. The van der Waals surface area contributed by atoms with Gasteiger partial charge in [-0.3, -0.25) is 0 Å². The maximum absolute atomic E-state index is 9.84. The van der Waals surface area contributed by atoms with Gasteiger partial charge < -0.3 is 15.2 Å². The molecule has 2 unspecified atom stereocenters. The lowest BCUT2D eigenvalue weighted by Gasteiger charge is -2.13. The van der Waals surface area contributed by atoms with Gasteiger partial charge >= 0.3 is 0 Å². The Kier molecular flexibility index (Phi) is 5.46. The van der Waals surface area contributed by atoms with Crippen LogP contribution in [0.2, 0.25) is 0 Å². The predicted octanol–water partition coefficient (Wildman–Crippen LogP) is 1.52. The molecule has 3 heteroatoms. The van der Waals surface area contributed by atoms with Crippen molar-refractivity contribution < 1.29 is 9.84 Å². The standard InChI is InChI=1S/C13H21NO2/c1-10(16-3)7-11-5-4-6-12(8-11)13(15)9-14-2/h4-6,8,10,13-15H,7,9H2,1-3H3. The molecule has 1 aromatic rings. The van der Waals surface area contributed by atoms with Gasteiger partial charge in [0.1, 0.15) is 0 Å². The van der Waals surface area contributed by atoms with Crippen LogP contribution in [0.5, 0.6) is 0 Å². The summed E-state index contributed by atoms with van der Waals surface area (Å²) in [4.78, 5) is 0. The van der Waals surface area contributed by atoms with Crippen LogP contribution in [0.15, 0.2) is 24.3 Å². The molecule has 0 aliphatic rings. The molecule has 0 aliphatic heterocycles. The van der Waals surface area contributed by atoms with E-state index in [-0.39, 0.29) is 6.10 Å². The Hall–Kier alpha value is -0.900. The lowest BCUT2D eigenvalue weighted by Crippen LogP contribution is -2.17. The molecule has 0 spiro atoms. The maximum Gasteiger partial charge on any atom is 0.0914 e. The van der Waals surface area contributed by atoms with E-state index in [1.807, 2.05) is 32.2 Å². The van der Waals surface area contributed by atoms with Gasteiger partial charge in [0.15, 0.2) is 0 Å². The number of hydrogen-bond donors (Lipinski definition) is 2. The average Bonchev–Trinajstić information content (AvgIpc) is 2.29. The molecule has 3 nitrogen and oxygen atoms in total. The summed E-state index contributed by atoms with van der Waals surface area (Å²) in [6, 6.07) is 8.03. The van der Waals surface area contributed by atoms with Crippen molar-refractivity contribution in [3.63, 3.8) is 0 Å². The molecular weight excluding hydrogens is 202 g/mol. The minimum absolute atomic E-state index is 0.205. The van der Waals surface area contributed by atoms with Gasteiger partial charge in [0.2, 0.25) is 0 Å². The average molecular weight is 223 g/mol. The second kappa shape index (κ2) is 6.63. The van der Waals surface area contributed by atoms with E-state index in [2.05, 4.69) is 11.4 Å². The number of ether oxygens (including phenoxy) is 1. The van der Waals surface area contributed by atoms with Crippen LogP contribution in [-0.2, 0) is 11.2 Å². The van der Waals surface area contributed by atoms with E-state index in [1.165, 1.54) is 5.56 Å². The molecule has 0 amide bonds. The first-order valence-corrected chi connectivity index (χ1v) is 5.61. The van der Waals surface area contributed by atoms with Gasteiger partial charge in [-0.2, -0.15) is 0 Å². The Morgan fingerprint density at radius 2 is 2.19 bits per heavy atom. The Balaban J connectivity index is 2.70. The number of methoxy groups -OCH3 is 1. The summed E-state index contributed by atoms with van der Waals surface area (Å²) in [5.41, 5.74) is 2.15. The largest absolute Gasteiger partial charge is 0.387 e. The fraction of sp³-hybridized carbons (Fsp3) is 0.538. The highest BCUT2D eigenvalue weighted by Gasteiger charge is 2.08. The normalized spacial score (nSPS) is 14.8. The van der Waals surface area contributed by atoms with Gasteiger partial charge in [0.05, 0.1) is 12.2 Å². The molecule has 0 aromatic heterocycles. The lowest BCUT2D eigenvalue weighted by molar-refractivity contribution is 0.118. The fourth-order valence-electron chi connectivity index (χ4n) is 1.65. The van der Waals surface area contributed by atoms with Crippen LogP contribution in [0.25, 0.3) is 0 Å². The molecule has 0 heterocycles. The van der Waals surface area contributed by atoms with Crippen LogP contribution in [-0.4, -0.2) is 31.9 Å². The lowest BCUT2D eigenvalue weighted by atomic mass is 10.0. The van der Waals surface area contributed by atoms with Gasteiger partial charge in [0.25, 0.3) is 0 Å². The zero-order chi connectivity index (χ0) is 12.0. The summed E-state index contributed by atoms with van der Waals surface area (Å²) in [5, 5.41) is 12.8. The highest BCUT2D eigenvalue weighted by molar-refractivity contribution is 5.25. The Morgan fingerprint density at radius 1 is 1.44 bits per heavy atom. The second-order valence-corrected chi connectivity index (χ2v) is 4.07. The molecule has 0 saturated carbocycles. The van der Waals surface area contributed by atoms with Crippen molar-refractivity contribution in [1.82, 2.24) is 5.32 Å². The molecule has 0 fully saturated rings. The quantitative estimate of drug-likeness (QED) is 0.768. The molecule has 2 N–H and O–H groups in total. The SMILES string of the molecule is CNCC(O)c1cccc(CC(C)OC)c1. The molecule has 0 radical (unpaired) electrons. The molecule has 1 rings (SSSR count). The fourth-order valence-corrected chi connectivity index (χ4v) is 1.65. The number of aliphatic hydroxyl groups excluding tert-OH is 1. The van der Waals surface area contributed by atoms with Crippen molar-refractivity contribution in [3.05, 3.63) is 35.4 Å². The van der Waals surface area contributed by atoms with E-state index in [1.54, 1.807) is 7.11 Å². The van der Waals surface area contributed by atoms with E-state index in [9.17, 15) is 5.11 Å². The third-order valence-electron chi connectivity index (χ3n) is 2.66. The van der Waals surface area contributed by atoms with Crippen LogP contribution >= 0.6 is 0 Å². The van der Waals surface area contributed by atoms with Crippen LogP contribution in [0.4, 0.5) is 0 Å². The molecule has 0 saturated heterocycles. The van der Waals surface area contributed by atoms with Crippen LogP contribution in [0.1, 0.15) is 24.2 Å². The van der Waals surface area contributed by atoms with Crippen molar-refractivity contribution in [2.75, 3.05) is 20.7 Å². The van der Waals surface area contributed by atoms with Crippen molar-refractivity contribution in [2.24, 2.45) is 0 Å². The first kappa shape index (κ1) is 13.2. The molecule has 0 aliphatic carbocycles. The van der Waals surface area contributed by atoms with Crippen molar-refractivity contribution in [3.8, 4) is 0 Å². The summed E-state index contributed by atoms with van der Waals surface area (Å²) < 4.78 is 5.23. The minimum Gasteiger partial charge on any atom is -0.387 e. The van der Waals surface area contributed by atoms with Gasteiger partial charge in [-0.15, -0.1) is 0 Å². The Bertz CT molecular complexity index is 315. The number of benzene rings is 1. The molecular formula is C13H21NO2. The third kappa shape index (κ3) is 3.93. The topological polar surface area (TPSA) is 41.5 Å². The summed E-state index contributed by atoms with van der Waals surface area (Å²) in [7, 11) is 3.55. The number of likely N-dealkylation sites (N-methyl/N-ethyl adjacent to an activating group) is 1. The first-order chi connectivity index (χ1) is 7.67. The Labute approximate surface area is 97.4 Å². The summed E-state index contributed by atoms with van der Waals surface area (Å²) in [5.74, 6) is 0. The number of rotatable bonds is 6. The molecule has 1 aromatic carbocycles. The van der Waals surface area contributed by atoms with Crippen LogP contribution < -0.4 is 5.32 Å². The number of nitrogens with one attached hydrogen (secondary N) is 1.